The number of piperidine rings is 1. The number of carbonyl (C=O) groups excluding carboxylic acids is 2. The van der Waals surface area contributed by atoms with E-state index in [-0.39, 0.29) is 23.2 Å². The van der Waals surface area contributed by atoms with Crippen molar-refractivity contribution in [3.8, 4) is 0 Å². The van der Waals surface area contributed by atoms with Crippen molar-refractivity contribution in [2.75, 3.05) is 13.1 Å². The zero-order valence-electron chi connectivity index (χ0n) is 19.9. The van der Waals surface area contributed by atoms with E-state index >= 15 is 0 Å². The first kappa shape index (κ1) is 23.7. The van der Waals surface area contributed by atoms with Crippen LogP contribution in [0.15, 0.2) is 12.2 Å². The number of rotatable bonds is 2. The van der Waals surface area contributed by atoms with Crippen molar-refractivity contribution in [1.29, 1.82) is 0 Å². The maximum Gasteiger partial charge on any atom is 0.290 e. The molecule has 5 rings (SSSR count). The van der Waals surface area contributed by atoms with Gasteiger partial charge in [0.25, 0.3) is 6.47 Å². The van der Waals surface area contributed by atoms with E-state index in [1.807, 2.05) is 0 Å². The van der Waals surface area contributed by atoms with E-state index in [9.17, 15) is 9.59 Å². The Morgan fingerprint density at radius 1 is 0.938 bits per heavy atom. The lowest BCUT2D eigenvalue weighted by Crippen LogP contribution is -2.56. The van der Waals surface area contributed by atoms with Crippen LogP contribution in [0.5, 0.6) is 0 Å². The highest BCUT2D eigenvalue weighted by Gasteiger charge is 2.62. The highest BCUT2D eigenvalue weighted by atomic mass is 16.3. The lowest BCUT2D eigenvalue weighted by Gasteiger charge is -2.59. The van der Waals surface area contributed by atoms with E-state index in [0.29, 0.717) is 35.2 Å². The summed E-state index contributed by atoms with van der Waals surface area (Å²) in [4.78, 5) is 34.4. The molecule has 1 heterocycles. The van der Waals surface area contributed by atoms with Crippen LogP contribution in [-0.4, -0.2) is 36.2 Å². The number of fused-ring (bicyclic) bond motifs is 5. The molecule has 2 N–H and O–H groups in total. The quantitative estimate of drug-likeness (QED) is 0.479. The molecular weight excluding hydrogens is 402 g/mol. The van der Waals surface area contributed by atoms with Crippen molar-refractivity contribution in [3.63, 3.8) is 0 Å². The Hall–Kier alpha value is -1.49. The minimum Gasteiger partial charge on any atom is -0.483 e. The number of carbonyl (C=O) groups is 3. The molecule has 0 radical (unpaired) electrons. The largest absolute Gasteiger partial charge is 0.483 e. The number of ketones is 2. The fourth-order valence-corrected chi connectivity index (χ4v) is 8.37. The van der Waals surface area contributed by atoms with Gasteiger partial charge in [-0.05, 0) is 99.5 Å². The standard InChI is InChI=1S/C26H39NO2.CH2O2/c1-25-11-7-18(4-3-17-9-13-27-14-10-17)15-22(25)23(28)16-19-20-5-6-24(29)26(20,2)12-8-21(19)25;2-1-3/h3-4,17-22,27H,5-16H2,1-2H3;1H,(H,2,3)/b4-3-;/t18-,19+,20+,21+,22?,25-,26+;/m1./s1. The fourth-order valence-electron chi connectivity index (χ4n) is 8.37. The Morgan fingerprint density at radius 3 is 2.34 bits per heavy atom. The third kappa shape index (κ3) is 4.10. The molecule has 5 fully saturated rings. The number of carboxylic acid groups (broad SMARTS) is 1. The summed E-state index contributed by atoms with van der Waals surface area (Å²) in [7, 11) is 0. The third-order valence-corrected chi connectivity index (χ3v) is 10.2. The van der Waals surface area contributed by atoms with Gasteiger partial charge in [-0.2, -0.15) is 0 Å². The van der Waals surface area contributed by atoms with Gasteiger partial charge in [-0.25, -0.2) is 0 Å². The van der Waals surface area contributed by atoms with Crippen LogP contribution in [0.1, 0.15) is 78.1 Å². The van der Waals surface area contributed by atoms with Crippen molar-refractivity contribution < 1.29 is 19.5 Å². The molecule has 0 amide bonds. The second-order valence-corrected chi connectivity index (χ2v) is 11.6. The maximum atomic E-state index is 13.4. The van der Waals surface area contributed by atoms with Crippen LogP contribution < -0.4 is 5.32 Å². The summed E-state index contributed by atoms with van der Waals surface area (Å²) in [5.74, 6) is 4.16. The zero-order chi connectivity index (χ0) is 22.9. The van der Waals surface area contributed by atoms with Crippen LogP contribution >= 0.6 is 0 Å². The van der Waals surface area contributed by atoms with Gasteiger partial charge in [-0.1, -0.05) is 26.0 Å². The van der Waals surface area contributed by atoms with Gasteiger partial charge in [0.05, 0.1) is 0 Å². The van der Waals surface area contributed by atoms with E-state index in [1.165, 1.54) is 32.1 Å². The molecular formula is C27H41NO4. The number of Topliss-reactive ketones (excluding diaryl/α,β-unsaturated/α-hetero) is 2. The van der Waals surface area contributed by atoms with Gasteiger partial charge in [0.1, 0.15) is 11.6 Å². The van der Waals surface area contributed by atoms with Gasteiger partial charge in [0, 0.05) is 24.2 Å². The minimum atomic E-state index is -0.250. The second kappa shape index (κ2) is 9.40. The lowest BCUT2D eigenvalue weighted by molar-refractivity contribution is -0.157. The van der Waals surface area contributed by atoms with Crippen LogP contribution in [0, 0.1) is 46.3 Å². The fraction of sp³-hybridized carbons (Fsp3) is 0.815. The number of allylic oxidation sites excluding steroid dienone is 2. The molecule has 0 aromatic rings. The Balaban J connectivity index is 0.000000775. The van der Waals surface area contributed by atoms with Crippen molar-refractivity contribution in [3.05, 3.63) is 12.2 Å². The summed E-state index contributed by atoms with van der Waals surface area (Å²) in [5.41, 5.74) is 0.0471. The van der Waals surface area contributed by atoms with Gasteiger partial charge in [0.15, 0.2) is 0 Å². The molecule has 4 aliphatic carbocycles. The van der Waals surface area contributed by atoms with E-state index in [4.69, 9.17) is 9.90 Å². The minimum absolute atomic E-state index is 0.126. The molecule has 1 saturated heterocycles. The molecule has 7 atom stereocenters. The van der Waals surface area contributed by atoms with Crippen LogP contribution in [0.3, 0.4) is 0 Å². The highest BCUT2D eigenvalue weighted by Crippen LogP contribution is 2.65. The van der Waals surface area contributed by atoms with Crippen molar-refractivity contribution in [2.24, 2.45) is 46.3 Å². The van der Waals surface area contributed by atoms with Crippen molar-refractivity contribution in [2.45, 2.75) is 78.1 Å². The Morgan fingerprint density at radius 2 is 1.62 bits per heavy atom. The summed E-state index contributed by atoms with van der Waals surface area (Å²) >= 11 is 0. The Bertz CT molecular complexity index is 757. The van der Waals surface area contributed by atoms with Crippen LogP contribution in [0.25, 0.3) is 0 Å². The number of hydrogen-bond donors (Lipinski definition) is 2. The van der Waals surface area contributed by atoms with Gasteiger partial charge in [-0.3, -0.25) is 14.4 Å². The average Bonchev–Trinajstić information content (AvgIpc) is 3.09. The highest BCUT2D eigenvalue weighted by molar-refractivity contribution is 5.88. The number of hydrogen-bond acceptors (Lipinski definition) is 4. The summed E-state index contributed by atoms with van der Waals surface area (Å²) < 4.78 is 0. The molecule has 0 aromatic heterocycles. The SMILES string of the molecule is C[C@]12CC[C@@H](/C=C\C3CCNCC3)CC1C(=O)C[C@@H]1[C@@H]2CC[C@]2(C)C(=O)CC[C@@H]12.O=CO. The average molecular weight is 444 g/mol. The van der Waals surface area contributed by atoms with Gasteiger partial charge < -0.3 is 10.4 Å². The van der Waals surface area contributed by atoms with E-state index < -0.39 is 0 Å². The van der Waals surface area contributed by atoms with Crippen LogP contribution in [0.4, 0.5) is 0 Å². The molecule has 0 aromatic carbocycles. The van der Waals surface area contributed by atoms with Gasteiger partial charge in [0.2, 0.25) is 0 Å². The summed E-state index contributed by atoms with van der Waals surface area (Å²) in [5, 5.41) is 10.3. The van der Waals surface area contributed by atoms with Crippen molar-refractivity contribution in [1.82, 2.24) is 5.32 Å². The van der Waals surface area contributed by atoms with Gasteiger partial charge >= 0.3 is 0 Å². The van der Waals surface area contributed by atoms with Crippen LogP contribution in [0.2, 0.25) is 0 Å². The monoisotopic (exact) mass is 443 g/mol. The molecule has 32 heavy (non-hydrogen) atoms. The summed E-state index contributed by atoms with van der Waals surface area (Å²) in [6, 6.07) is 0. The second-order valence-electron chi connectivity index (χ2n) is 11.6. The molecule has 4 saturated carbocycles. The van der Waals surface area contributed by atoms with E-state index in [1.54, 1.807) is 0 Å². The topological polar surface area (TPSA) is 83.5 Å². The van der Waals surface area contributed by atoms with E-state index in [2.05, 4.69) is 31.3 Å². The Labute approximate surface area is 192 Å². The molecule has 178 valence electrons. The lowest BCUT2D eigenvalue weighted by atomic mass is 9.44. The smallest absolute Gasteiger partial charge is 0.290 e. The third-order valence-electron chi connectivity index (χ3n) is 10.2. The maximum absolute atomic E-state index is 13.4. The predicted molar refractivity (Wildman–Crippen MR) is 124 cm³/mol. The van der Waals surface area contributed by atoms with Gasteiger partial charge in [-0.15, -0.1) is 0 Å². The zero-order valence-corrected chi connectivity index (χ0v) is 19.9. The first-order valence-electron chi connectivity index (χ1n) is 12.9. The molecule has 5 aliphatic rings. The molecule has 0 spiro atoms. The molecule has 5 nitrogen and oxygen atoms in total. The van der Waals surface area contributed by atoms with Crippen molar-refractivity contribution >= 4 is 18.0 Å². The molecule has 1 aliphatic heterocycles. The predicted octanol–water partition coefficient (Wildman–Crippen LogP) is 4.65. The normalized spacial score (nSPS) is 44.2. The number of nitrogens with one attached hydrogen (secondary N) is 1. The Kier molecular flexibility index (Phi) is 6.95. The molecule has 0 bridgehead atoms. The van der Waals surface area contributed by atoms with Crippen LogP contribution in [-0.2, 0) is 14.4 Å². The summed E-state index contributed by atoms with van der Waals surface area (Å²) in [6.07, 6.45) is 15.7. The first-order valence-corrected chi connectivity index (χ1v) is 12.9. The van der Waals surface area contributed by atoms with E-state index in [0.717, 1.165) is 51.1 Å². The molecule has 1 unspecified atom stereocenters. The first-order chi connectivity index (χ1) is 15.3. The molecule has 5 heteroatoms. The summed E-state index contributed by atoms with van der Waals surface area (Å²) in [6.45, 7) is 6.69.